The third-order valence-corrected chi connectivity index (χ3v) is 3.19. The minimum Gasteiger partial charge on any atom is -0.349 e. The van der Waals surface area contributed by atoms with Crippen LogP contribution in [0.3, 0.4) is 0 Å². The quantitative estimate of drug-likeness (QED) is 0.810. The van der Waals surface area contributed by atoms with Crippen LogP contribution in [0.5, 0.6) is 0 Å². The van der Waals surface area contributed by atoms with Gasteiger partial charge < -0.3 is 10.6 Å². The lowest BCUT2D eigenvalue weighted by molar-refractivity contribution is -0.125. The van der Waals surface area contributed by atoms with Gasteiger partial charge in [0.2, 0.25) is 5.91 Å². The van der Waals surface area contributed by atoms with E-state index in [-0.39, 0.29) is 24.2 Å². The molecule has 0 aliphatic heterocycles. The molecule has 2 unspecified atom stereocenters. The summed E-state index contributed by atoms with van der Waals surface area (Å²) >= 11 is 0. The SMILES string of the molecule is CCCC(NC(=O)C(C)CNC)c1ccc(F)cc1F.Cl. The molecular weight excluding hydrogens is 298 g/mol. The number of benzene rings is 1. The molecule has 1 amide bonds. The Balaban J connectivity index is 0.00000400. The summed E-state index contributed by atoms with van der Waals surface area (Å²) in [6.45, 7) is 4.31. The van der Waals surface area contributed by atoms with Crippen molar-refractivity contribution < 1.29 is 13.6 Å². The molecule has 1 aromatic carbocycles. The first-order valence-electron chi connectivity index (χ1n) is 6.89. The lowest BCUT2D eigenvalue weighted by Gasteiger charge is -2.21. The smallest absolute Gasteiger partial charge is 0.224 e. The third-order valence-electron chi connectivity index (χ3n) is 3.19. The summed E-state index contributed by atoms with van der Waals surface area (Å²) in [5.74, 6) is -1.58. The van der Waals surface area contributed by atoms with Crippen molar-refractivity contribution in [3.63, 3.8) is 0 Å². The Morgan fingerprint density at radius 1 is 1.33 bits per heavy atom. The maximum absolute atomic E-state index is 13.8. The van der Waals surface area contributed by atoms with Gasteiger partial charge in [-0.2, -0.15) is 0 Å². The molecule has 1 rings (SSSR count). The second kappa shape index (κ2) is 9.68. The zero-order valence-electron chi connectivity index (χ0n) is 12.6. The second-order valence-electron chi connectivity index (χ2n) is 4.97. The molecule has 6 heteroatoms. The van der Waals surface area contributed by atoms with Crippen LogP contribution < -0.4 is 10.6 Å². The maximum Gasteiger partial charge on any atom is 0.224 e. The fourth-order valence-corrected chi connectivity index (χ4v) is 2.09. The van der Waals surface area contributed by atoms with E-state index in [1.54, 1.807) is 14.0 Å². The van der Waals surface area contributed by atoms with Crippen molar-refractivity contribution >= 4 is 18.3 Å². The summed E-state index contributed by atoms with van der Waals surface area (Å²) in [6, 6.07) is 3.03. The molecular formula is C15H23ClF2N2O. The van der Waals surface area contributed by atoms with Crippen LogP contribution in [0.4, 0.5) is 8.78 Å². The minimum absolute atomic E-state index is 0. The van der Waals surface area contributed by atoms with Gasteiger partial charge in [0, 0.05) is 24.1 Å². The van der Waals surface area contributed by atoms with Gasteiger partial charge in [-0.25, -0.2) is 8.78 Å². The van der Waals surface area contributed by atoms with Crippen LogP contribution in [0, 0.1) is 17.6 Å². The van der Waals surface area contributed by atoms with Crippen LogP contribution in [-0.4, -0.2) is 19.5 Å². The molecule has 0 bridgehead atoms. The summed E-state index contributed by atoms with van der Waals surface area (Å²) in [4.78, 5) is 12.0. The van der Waals surface area contributed by atoms with Gasteiger partial charge in [-0.3, -0.25) is 4.79 Å². The van der Waals surface area contributed by atoms with Crippen molar-refractivity contribution in [3.8, 4) is 0 Å². The van der Waals surface area contributed by atoms with E-state index in [1.165, 1.54) is 12.1 Å². The molecule has 2 N–H and O–H groups in total. The highest BCUT2D eigenvalue weighted by atomic mass is 35.5. The summed E-state index contributed by atoms with van der Waals surface area (Å²) in [6.07, 6.45) is 1.41. The van der Waals surface area contributed by atoms with Crippen LogP contribution >= 0.6 is 12.4 Å². The molecule has 0 heterocycles. The van der Waals surface area contributed by atoms with Crippen molar-refractivity contribution in [2.45, 2.75) is 32.7 Å². The van der Waals surface area contributed by atoms with Crippen LogP contribution in [0.25, 0.3) is 0 Å². The number of halogens is 3. The first kappa shape index (κ1) is 19.8. The lowest BCUT2D eigenvalue weighted by Crippen LogP contribution is -2.37. The topological polar surface area (TPSA) is 41.1 Å². The van der Waals surface area contributed by atoms with Gasteiger partial charge >= 0.3 is 0 Å². The molecule has 0 aromatic heterocycles. The average molecular weight is 321 g/mol. The van der Waals surface area contributed by atoms with E-state index in [4.69, 9.17) is 0 Å². The van der Waals surface area contributed by atoms with Crippen molar-refractivity contribution in [1.29, 1.82) is 0 Å². The van der Waals surface area contributed by atoms with E-state index in [2.05, 4.69) is 10.6 Å². The van der Waals surface area contributed by atoms with Gasteiger partial charge in [-0.15, -0.1) is 12.4 Å². The molecule has 1 aromatic rings. The molecule has 0 saturated heterocycles. The van der Waals surface area contributed by atoms with Gasteiger partial charge in [0.1, 0.15) is 11.6 Å². The number of hydrogen-bond acceptors (Lipinski definition) is 2. The highest BCUT2D eigenvalue weighted by molar-refractivity contribution is 5.85. The van der Waals surface area contributed by atoms with E-state index < -0.39 is 17.7 Å². The largest absolute Gasteiger partial charge is 0.349 e. The first-order chi connectivity index (χ1) is 9.49. The standard InChI is InChI=1S/C15H22F2N2O.ClH/c1-4-5-14(19-15(20)10(2)9-18-3)12-7-6-11(16)8-13(12)17;/h6-8,10,14,18H,4-5,9H2,1-3H3,(H,19,20);1H. The van der Waals surface area contributed by atoms with E-state index in [0.29, 0.717) is 18.5 Å². The summed E-state index contributed by atoms with van der Waals surface area (Å²) in [5, 5.41) is 5.77. The fraction of sp³-hybridized carbons (Fsp3) is 0.533. The number of carbonyl (C=O) groups is 1. The average Bonchev–Trinajstić information content (AvgIpc) is 2.38. The van der Waals surface area contributed by atoms with Crippen LogP contribution in [-0.2, 0) is 4.79 Å². The third kappa shape index (κ3) is 5.98. The van der Waals surface area contributed by atoms with Crippen LogP contribution in [0.15, 0.2) is 18.2 Å². The molecule has 3 nitrogen and oxygen atoms in total. The Hall–Kier alpha value is -1.20. The molecule has 0 radical (unpaired) electrons. The monoisotopic (exact) mass is 320 g/mol. The molecule has 21 heavy (non-hydrogen) atoms. The normalized spacial score (nSPS) is 13.2. The Bertz CT molecular complexity index is 457. The zero-order valence-corrected chi connectivity index (χ0v) is 13.4. The summed E-state index contributed by atoms with van der Waals surface area (Å²) < 4.78 is 26.8. The molecule has 0 aliphatic carbocycles. The van der Waals surface area contributed by atoms with Gasteiger partial charge in [0.25, 0.3) is 0 Å². The summed E-state index contributed by atoms with van der Waals surface area (Å²) in [7, 11) is 1.77. The van der Waals surface area contributed by atoms with Gasteiger partial charge in [0.05, 0.1) is 6.04 Å². The number of rotatable bonds is 7. The first-order valence-corrected chi connectivity index (χ1v) is 6.89. The molecule has 0 spiro atoms. The second-order valence-corrected chi connectivity index (χ2v) is 4.97. The van der Waals surface area contributed by atoms with E-state index >= 15 is 0 Å². The van der Waals surface area contributed by atoms with E-state index in [9.17, 15) is 13.6 Å². The lowest BCUT2D eigenvalue weighted by atomic mass is 10.0. The molecule has 120 valence electrons. The number of amides is 1. The number of nitrogens with one attached hydrogen (secondary N) is 2. The highest BCUT2D eigenvalue weighted by Gasteiger charge is 2.20. The maximum atomic E-state index is 13.8. The van der Waals surface area contributed by atoms with Gasteiger partial charge in [0.15, 0.2) is 0 Å². The van der Waals surface area contributed by atoms with E-state index in [0.717, 1.165) is 12.5 Å². The van der Waals surface area contributed by atoms with Crippen molar-refractivity contribution in [2.75, 3.05) is 13.6 Å². The Kier molecular flexibility index (Phi) is 9.13. The summed E-state index contributed by atoms with van der Waals surface area (Å²) in [5.41, 5.74) is 0.332. The predicted molar refractivity (Wildman–Crippen MR) is 82.5 cm³/mol. The number of carbonyl (C=O) groups excluding carboxylic acids is 1. The van der Waals surface area contributed by atoms with Crippen LogP contribution in [0.2, 0.25) is 0 Å². The Labute approximate surface area is 130 Å². The minimum atomic E-state index is -0.620. The van der Waals surface area contributed by atoms with Gasteiger partial charge in [-0.1, -0.05) is 26.3 Å². The number of hydrogen-bond donors (Lipinski definition) is 2. The molecule has 2 atom stereocenters. The Morgan fingerprint density at radius 2 is 2.00 bits per heavy atom. The molecule has 0 fully saturated rings. The predicted octanol–water partition coefficient (Wildman–Crippen LogP) is 3.20. The van der Waals surface area contributed by atoms with Gasteiger partial charge in [-0.05, 0) is 19.5 Å². The van der Waals surface area contributed by atoms with Crippen LogP contribution in [0.1, 0.15) is 38.3 Å². The Morgan fingerprint density at radius 3 is 2.52 bits per heavy atom. The van der Waals surface area contributed by atoms with Crippen molar-refractivity contribution in [2.24, 2.45) is 5.92 Å². The zero-order chi connectivity index (χ0) is 15.1. The molecule has 0 aliphatic rings. The highest BCUT2D eigenvalue weighted by Crippen LogP contribution is 2.22. The van der Waals surface area contributed by atoms with E-state index in [1.807, 2.05) is 6.92 Å². The molecule has 0 saturated carbocycles. The van der Waals surface area contributed by atoms with Crippen molar-refractivity contribution in [1.82, 2.24) is 10.6 Å². The fourth-order valence-electron chi connectivity index (χ4n) is 2.09. The van der Waals surface area contributed by atoms with Crippen molar-refractivity contribution in [3.05, 3.63) is 35.4 Å².